The molecule has 2 rings (SSSR count). The van der Waals surface area contributed by atoms with Crippen LogP contribution in [-0.4, -0.2) is 18.3 Å². The lowest BCUT2D eigenvalue weighted by Crippen LogP contribution is -2.54. The van der Waals surface area contributed by atoms with Gasteiger partial charge in [-0.1, -0.05) is 6.07 Å². The number of rotatable bonds is 1. The number of halogens is 1. The van der Waals surface area contributed by atoms with Crippen LogP contribution in [0.25, 0.3) is 0 Å². The van der Waals surface area contributed by atoms with E-state index in [4.69, 9.17) is 15.6 Å². The second-order valence-corrected chi connectivity index (χ2v) is 3.32. The van der Waals surface area contributed by atoms with Crippen molar-refractivity contribution in [2.45, 2.75) is 5.54 Å². The maximum atomic E-state index is 12.9. The fourth-order valence-corrected chi connectivity index (χ4v) is 1.31. The number of nitrogens with two attached hydrogens (primary N) is 1. The average Bonchev–Trinajstić information content (AvgIpc) is 2.06. The number of hydrogen-bond donors (Lipinski definition) is 2. The van der Waals surface area contributed by atoms with Crippen LogP contribution < -0.4 is 5.73 Å². The Morgan fingerprint density at radius 1 is 1.46 bits per heavy atom. The smallest absolute Gasteiger partial charge is 0.165 e. The number of hydrogen-bond acceptors (Lipinski definition) is 3. The van der Waals surface area contributed by atoms with Crippen LogP contribution in [0, 0.1) is 5.82 Å². The van der Waals surface area contributed by atoms with Crippen molar-refractivity contribution >= 4 is 0 Å². The average molecular weight is 183 g/mol. The summed E-state index contributed by atoms with van der Waals surface area (Å²) in [6.45, 7) is 0.800. The fourth-order valence-electron chi connectivity index (χ4n) is 1.31. The Morgan fingerprint density at radius 3 is 2.62 bits per heavy atom. The van der Waals surface area contributed by atoms with Gasteiger partial charge < -0.3 is 15.6 Å². The van der Waals surface area contributed by atoms with E-state index in [-0.39, 0.29) is 5.75 Å². The van der Waals surface area contributed by atoms with Gasteiger partial charge in [-0.3, -0.25) is 0 Å². The van der Waals surface area contributed by atoms with Crippen molar-refractivity contribution in [2.24, 2.45) is 5.73 Å². The summed E-state index contributed by atoms with van der Waals surface area (Å²) < 4.78 is 17.9. The Labute approximate surface area is 74.9 Å². The molecule has 3 nitrogen and oxygen atoms in total. The summed E-state index contributed by atoms with van der Waals surface area (Å²) in [5, 5.41) is 8.95. The van der Waals surface area contributed by atoms with Gasteiger partial charge in [0, 0.05) is 0 Å². The summed E-state index contributed by atoms with van der Waals surface area (Å²) in [6.07, 6.45) is 0. The normalized spacial score (nSPS) is 19.5. The standard InChI is InChI=1S/C9H10FNO2/c10-7-3-6(1-2-8(7)12)9(11)4-13-5-9/h1-3,12H,4-5,11H2. The molecule has 0 aromatic heterocycles. The number of phenolic OH excluding ortho intramolecular Hbond substituents is 1. The van der Waals surface area contributed by atoms with Gasteiger partial charge in [-0.15, -0.1) is 0 Å². The molecule has 0 atom stereocenters. The second-order valence-electron chi connectivity index (χ2n) is 3.32. The molecule has 0 saturated carbocycles. The molecule has 0 radical (unpaired) electrons. The lowest BCUT2D eigenvalue weighted by atomic mass is 9.89. The molecule has 0 bridgehead atoms. The third-order valence-corrected chi connectivity index (χ3v) is 2.24. The summed E-state index contributed by atoms with van der Waals surface area (Å²) in [5.74, 6) is -0.998. The molecule has 1 fully saturated rings. The summed E-state index contributed by atoms with van der Waals surface area (Å²) in [5.41, 5.74) is 5.96. The van der Waals surface area contributed by atoms with Crippen molar-refractivity contribution in [2.75, 3.05) is 13.2 Å². The predicted octanol–water partition coefficient (Wildman–Crippen LogP) is 0.716. The van der Waals surface area contributed by atoms with Crippen LogP contribution >= 0.6 is 0 Å². The van der Waals surface area contributed by atoms with Gasteiger partial charge in [0.2, 0.25) is 0 Å². The predicted molar refractivity (Wildman–Crippen MR) is 44.7 cm³/mol. The third-order valence-electron chi connectivity index (χ3n) is 2.24. The Hall–Kier alpha value is -1.13. The molecule has 0 amide bonds. The molecule has 1 heterocycles. The lowest BCUT2D eigenvalue weighted by Gasteiger charge is -2.38. The zero-order valence-corrected chi connectivity index (χ0v) is 6.96. The molecule has 3 N–H and O–H groups in total. The minimum atomic E-state index is -0.644. The second kappa shape index (κ2) is 2.68. The van der Waals surface area contributed by atoms with E-state index in [1.165, 1.54) is 12.1 Å². The molecule has 0 aliphatic carbocycles. The molecule has 13 heavy (non-hydrogen) atoms. The first-order chi connectivity index (χ1) is 6.12. The minimum Gasteiger partial charge on any atom is -0.505 e. The lowest BCUT2D eigenvalue weighted by molar-refractivity contribution is -0.0570. The molecule has 70 valence electrons. The highest BCUT2D eigenvalue weighted by Gasteiger charge is 2.36. The Bertz CT molecular complexity index is 336. The highest BCUT2D eigenvalue weighted by atomic mass is 19.1. The number of phenols is 1. The number of benzene rings is 1. The third kappa shape index (κ3) is 1.28. The zero-order chi connectivity index (χ0) is 9.47. The van der Waals surface area contributed by atoms with Gasteiger partial charge in [0.1, 0.15) is 0 Å². The van der Waals surface area contributed by atoms with Crippen molar-refractivity contribution in [3.05, 3.63) is 29.6 Å². The monoisotopic (exact) mass is 183 g/mol. The SMILES string of the molecule is NC1(c2ccc(O)c(F)c2)COC1. The van der Waals surface area contributed by atoms with Gasteiger partial charge >= 0.3 is 0 Å². The number of aromatic hydroxyl groups is 1. The Kier molecular flexibility index (Phi) is 1.75. The van der Waals surface area contributed by atoms with Crippen molar-refractivity contribution < 1.29 is 14.2 Å². The Morgan fingerprint density at radius 2 is 2.15 bits per heavy atom. The first-order valence-corrected chi connectivity index (χ1v) is 3.97. The van der Waals surface area contributed by atoms with E-state index in [0.29, 0.717) is 18.8 Å². The molecule has 0 unspecified atom stereocenters. The van der Waals surface area contributed by atoms with Gasteiger partial charge in [0.15, 0.2) is 11.6 Å². The van der Waals surface area contributed by atoms with Gasteiger partial charge in [-0.25, -0.2) is 4.39 Å². The molecule has 1 saturated heterocycles. The summed E-state index contributed by atoms with van der Waals surface area (Å²) in [7, 11) is 0. The van der Waals surface area contributed by atoms with Crippen molar-refractivity contribution in [1.29, 1.82) is 0 Å². The van der Waals surface area contributed by atoms with Gasteiger partial charge in [-0.05, 0) is 17.7 Å². The molecule has 1 aliphatic rings. The molecular formula is C9H10FNO2. The van der Waals surface area contributed by atoms with Crippen LogP contribution in [0.1, 0.15) is 5.56 Å². The van der Waals surface area contributed by atoms with E-state index >= 15 is 0 Å². The van der Waals surface area contributed by atoms with Crippen molar-refractivity contribution in [3.8, 4) is 5.75 Å². The van der Waals surface area contributed by atoms with E-state index < -0.39 is 11.4 Å². The van der Waals surface area contributed by atoms with Crippen LogP contribution in [-0.2, 0) is 10.3 Å². The van der Waals surface area contributed by atoms with Crippen molar-refractivity contribution in [3.63, 3.8) is 0 Å². The van der Waals surface area contributed by atoms with Crippen LogP contribution in [0.3, 0.4) is 0 Å². The minimum absolute atomic E-state index is 0.354. The maximum absolute atomic E-state index is 12.9. The summed E-state index contributed by atoms with van der Waals surface area (Å²) >= 11 is 0. The van der Waals surface area contributed by atoms with E-state index in [1.54, 1.807) is 6.07 Å². The first-order valence-electron chi connectivity index (χ1n) is 3.97. The maximum Gasteiger partial charge on any atom is 0.165 e. The van der Waals surface area contributed by atoms with E-state index in [9.17, 15) is 4.39 Å². The molecule has 0 spiro atoms. The van der Waals surface area contributed by atoms with E-state index in [1.807, 2.05) is 0 Å². The molecule has 1 aliphatic heterocycles. The Balaban J connectivity index is 2.36. The van der Waals surface area contributed by atoms with Crippen LogP contribution in [0.5, 0.6) is 5.75 Å². The van der Waals surface area contributed by atoms with Crippen molar-refractivity contribution in [1.82, 2.24) is 0 Å². The summed E-state index contributed by atoms with van der Waals surface area (Å²) in [6, 6.07) is 4.16. The quantitative estimate of drug-likeness (QED) is 0.674. The topological polar surface area (TPSA) is 55.5 Å². The van der Waals surface area contributed by atoms with E-state index in [2.05, 4.69) is 0 Å². The van der Waals surface area contributed by atoms with Crippen LogP contribution in [0.2, 0.25) is 0 Å². The van der Waals surface area contributed by atoms with Gasteiger partial charge in [0.05, 0.1) is 18.8 Å². The molecule has 1 aromatic carbocycles. The van der Waals surface area contributed by atoms with Gasteiger partial charge in [0.25, 0.3) is 0 Å². The zero-order valence-electron chi connectivity index (χ0n) is 6.96. The molecular weight excluding hydrogens is 173 g/mol. The van der Waals surface area contributed by atoms with Gasteiger partial charge in [-0.2, -0.15) is 0 Å². The van der Waals surface area contributed by atoms with E-state index in [0.717, 1.165) is 0 Å². The number of ether oxygens (including phenoxy) is 1. The first kappa shape index (κ1) is 8.47. The largest absolute Gasteiger partial charge is 0.505 e. The highest BCUT2D eigenvalue weighted by Crippen LogP contribution is 2.29. The summed E-state index contributed by atoms with van der Waals surface area (Å²) in [4.78, 5) is 0. The molecule has 4 heteroatoms. The molecule has 1 aromatic rings. The van der Waals surface area contributed by atoms with Crippen LogP contribution in [0.4, 0.5) is 4.39 Å². The fraction of sp³-hybridized carbons (Fsp3) is 0.333. The highest BCUT2D eigenvalue weighted by molar-refractivity contribution is 5.33. The van der Waals surface area contributed by atoms with Crippen LogP contribution in [0.15, 0.2) is 18.2 Å².